The van der Waals surface area contributed by atoms with Gasteiger partial charge in [0, 0.05) is 19.5 Å². The lowest BCUT2D eigenvalue weighted by Gasteiger charge is -2.61. The minimum atomic E-state index is 0.00587. The average molecular weight is 347 g/mol. The number of likely N-dealkylation sites (tertiary alicyclic amines) is 1. The SMILES string of the molecule is COC(=O)[C@H]1CC[C@H]2C3CCC4N(C)C(=O)CC[C@]4(C)C3CC[C@]12C. The Hall–Kier alpha value is -1.06. The third kappa shape index (κ3) is 2.24. The monoisotopic (exact) mass is 347 g/mol. The number of nitrogens with zero attached hydrogens (tertiary/aromatic N) is 1. The van der Waals surface area contributed by atoms with Crippen LogP contribution in [-0.2, 0) is 14.3 Å². The molecule has 0 spiro atoms. The highest BCUT2D eigenvalue weighted by atomic mass is 16.5. The Balaban J connectivity index is 1.62. The maximum absolute atomic E-state index is 12.3. The topological polar surface area (TPSA) is 46.6 Å². The molecular weight excluding hydrogens is 314 g/mol. The number of ether oxygens (including phenoxy) is 1. The van der Waals surface area contributed by atoms with Crippen molar-refractivity contribution < 1.29 is 14.3 Å². The Morgan fingerprint density at radius 3 is 2.48 bits per heavy atom. The second kappa shape index (κ2) is 5.72. The molecule has 1 amide bonds. The van der Waals surface area contributed by atoms with Gasteiger partial charge in [0.25, 0.3) is 0 Å². The standard InChI is InChI=1S/C21H33NO3/c1-20-11-9-15-13(14(20)6-7-16(20)19(24)25-4)5-8-17-21(15,2)12-10-18(23)22(17)3/h13-17H,5-12H2,1-4H3/t13?,14-,15?,16+,17?,20-,21+/m0/s1. The number of hydrogen-bond donors (Lipinski definition) is 0. The summed E-state index contributed by atoms with van der Waals surface area (Å²) in [6, 6.07) is 0.414. The molecule has 3 saturated carbocycles. The number of amides is 1. The zero-order chi connectivity index (χ0) is 18.0. The molecule has 7 atom stereocenters. The van der Waals surface area contributed by atoms with Gasteiger partial charge in [-0.05, 0) is 73.5 Å². The third-order valence-electron chi connectivity index (χ3n) is 9.04. The molecular formula is C21H33NO3. The molecule has 3 unspecified atom stereocenters. The number of esters is 1. The lowest BCUT2D eigenvalue weighted by Crippen LogP contribution is -2.61. The predicted molar refractivity (Wildman–Crippen MR) is 95.7 cm³/mol. The fourth-order valence-corrected chi connectivity index (χ4v) is 7.68. The number of fused-ring (bicyclic) bond motifs is 5. The van der Waals surface area contributed by atoms with Crippen LogP contribution >= 0.6 is 0 Å². The van der Waals surface area contributed by atoms with Crippen molar-refractivity contribution in [1.82, 2.24) is 4.90 Å². The van der Waals surface area contributed by atoms with Crippen LogP contribution in [0.2, 0.25) is 0 Å². The number of piperidine rings is 1. The maximum atomic E-state index is 12.3. The number of carbonyl (C=O) groups excluding carboxylic acids is 2. The van der Waals surface area contributed by atoms with Crippen LogP contribution < -0.4 is 0 Å². The summed E-state index contributed by atoms with van der Waals surface area (Å²) in [5.41, 5.74) is 0.379. The van der Waals surface area contributed by atoms with E-state index in [-0.39, 0.29) is 22.7 Å². The number of methoxy groups -OCH3 is 1. The highest BCUT2D eigenvalue weighted by Gasteiger charge is 2.62. The Morgan fingerprint density at radius 1 is 1.04 bits per heavy atom. The predicted octanol–water partition coefficient (Wildman–Crippen LogP) is 3.64. The van der Waals surface area contributed by atoms with Crippen molar-refractivity contribution in [2.75, 3.05) is 14.2 Å². The van der Waals surface area contributed by atoms with Gasteiger partial charge in [-0.15, -0.1) is 0 Å². The summed E-state index contributed by atoms with van der Waals surface area (Å²) in [4.78, 5) is 26.6. The van der Waals surface area contributed by atoms with E-state index in [1.54, 1.807) is 0 Å². The summed E-state index contributed by atoms with van der Waals surface area (Å²) in [5, 5.41) is 0. The Labute approximate surface area is 151 Å². The number of carbonyl (C=O) groups is 2. The van der Waals surface area contributed by atoms with E-state index in [2.05, 4.69) is 18.7 Å². The first-order valence-electron chi connectivity index (χ1n) is 10.2. The molecule has 1 heterocycles. The summed E-state index contributed by atoms with van der Waals surface area (Å²) in [5.74, 6) is 2.49. The van der Waals surface area contributed by atoms with Crippen LogP contribution in [0.25, 0.3) is 0 Å². The van der Waals surface area contributed by atoms with Gasteiger partial charge in [-0.1, -0.05) is 13.8 Å². The lowest BCUT2D eigenvalue weighted by atomic mass is 9.47. The van der Waals surface area contributed by atoms with Gasteiger partial charge in [0.1, 0.15) is 0 Å². The first-order valence-corrected chi connectivity index (χ1v) is 10.2. The van der Waals surface area contributed by atoms with Crippen LogP contribution in [0.4, 0.5) is 0 Å². The van der Waals surface area contributed by atoms with Crippen LogP contribution in [0.5, 0.6) is 0 Å². The minimum Gasteiger partial charge on any atom is -0.469 e. The molecule has 0 aromatic heterocycles. The van der Waals surface area contributed by atoms with Crippen molar-refractivity contribution in [2.45, 2.75) is 71.3 Å². The smallest absolute Gasteiger partial charge is 0.309 e. The van der Waals surface area contributed by atoms with Crippen molar-refractivity contribution in [2.24, 2.45) is 34.5 Å². The summed E-state index contributed by atoms with van der Waals surface area (Å²) in [6.45, 7) is 4.81. The van der Waals surface area contributed by atoms with E-state index in [9.17, 15) is 9.59 Å². The van der Waals surface area contributed by atoms with Crippen LogP contribution in [0, 0.1) is 34.5 Å². The second-order valence-corrected chi connectivity index (χ2v) is 9.68. The van der Waals surface area contributed by atoms with Gasteiger partial charge in [-0.2, -0.15) is 0 Å². The molecule has 1 aliphatic heterocycles. The molecule has 4 fully saturated rings. The van der Waals surface area contributed by atoms with Crippen molar-refractivity contribution in [3.8, 4) is 0 Å². The summed E-state index contributed by atoms with van der Waals surface area (Å²) in [6.07, 6.45) is 8.62. The summed E-state index contributed by atoms with van der Waals surface area (Å²) >= 11 is 0. The molecule has 0 bridgehead atoms. The second-order valence-electron chi connectivity index (χ2n) is 9.68. The molecule has 0 aromatic carbocycles. The van der Waals surface area contributed by atoms with Crippen molar-refractivity contribution in [3.63, 3.8) is 0 Å². The lowest BCUT2D eigenvalue weighted by molar-refractivity contribution is -0.164. The van der Waals surface area contributed by atoms with E-state index in [0.29, 0.717) is 30.2 Å². The zero-order valence-electron chi connectivity index (χ0n) is 16.2. The molecule has 4 nitrogen and oxygen atoms in total. The molecule has 3 aliphatic carbocycles. The van der Waals surface area contributed by atoms with Gasteiger partial charge in [-0.25, -0.2) is 0 Å². The highest BCUT2D eigenvalue weighted by molar-refractivity contribution is 5.77. The van der Waals surface area contributed by atoms with Crippen LogP contribution in [0.1, 0.15) is 65.2 Å². The third-order valence-corrected chi connectivity index (χ3v) is 9.04. The molecule has 0 aromatic rings. The van der Waals surface area contributed by atoms with E-state index in [1.165, 1.54) is 26.4 Å². The van der Waals surface area contributed by atoms with E-state index in [1.807, 2.05) is 7.05 Å². The first-order chi connectivity index (χ1) is 11.8. The molecule has 0 radical (unpaired) electrons. The zero-order valence-corrected chi connectivity index (χ0v) is 16.2. The Morgan fingerprint density at radius 2 is 1.76 bits per heavy atom. The summed E-state index contributed by atoms with van der Waals surface area (Å²) < 4.78 is 5.13. The van der Waals surface area contributed by atoms with Gasteiger partial charge >= 0.3 is 5.97 Å². The molecule has 4 aliphatic rings. The fraction of sp³-hybridized carbons (Fsp3) is 0.905. The van der Waals surface area contributed by atoms with E-state index in [0.717, 1.165) is 31.6 Å². The van der Waals surface area contributed by atoms with Crippen molar-refractivity contribution >= 4 is 11.9 Å². The number of rotatable bonds is 1. The van der Waals surface area contributed by atoms with Gasteiger partial charge < -0.3 is 9.64 Å². The van der Waals surface area contributed by atoms with Crippen molar-refractivity contribution in [3.05, 3.63) is 0 Å². The molecule has 1 saturated heterocycles. The maximum Gasteiger partial charge on any atom is 0.309 e. The van der Waals surface area contributed by atoms with Gasteiger partial charge in [0.15, 0.2) is 0 Å². The Bertz CT molecular complexity index is 590. The molecule has 4 rings (SSSR count). The molecule has 4 heteroatoms. The normalized spacial score (nSPS) is 49.2. The van der Waals surface area contributed by atoms with Gasteiger partial charge in [0.2, 0.25) is 5.91 Å². The van der Waals surface area contributed by atoms with Gasteiger partial charge in [0.05, 0.1) is 13.0 Å². The minimum absolute atomic E-state index is 0.00587. The molecule has 25 heavy (non-hydrogen) atoms. The molecule has 140 valence electrons. The van der Waals surface area contributed by atoms with E-state index in [4.69, 9.17) is 4.74 Å². The van der Waals surface area contributed by atoms with Crippen molar-refractivity contribution in [1.29, 1.82) is 0 Å². The highest BCUT2D eigenvalue weighted by Crippen LogP contribution is 2.66. The largest absolute Gasteiger partial charge is 0.469 e. The first kappa shape index (κ1) is 17.4. The average Bonchev–Trinajstić information content (AvgIpc) is 2.95. The van der Waals surface area contributed by atoms with Gasteiger partial charge in [-0.3, -0.25) is 9.59 Å². The Kier molecular flexibility index (Phi) is 3.97. The quantitative estimate of drug-likeness (QED) is 0.680. The molecule has 0 N–H and O–H groups in total. The fourth-order valence-electron chi connectivity index (χ4n) is 7.68. The number of hydrogen-bond acceptors (Lipinski definition) is 3. The van der Waals surface area contributed by atoms with E-state index < -0.39 is 0 Å². The van der Waals surface area contributed by atoms with E-state index >= 15 is 0 Å². The summed E-state index contributed by atoms with van der Waals surface area (Å²) in [7, 11) is 3.55. The van der Waals surface area contributed by atoms with Crippen LogP contribution in [-0.4, -0.2) is 37.0 Å². The van der Waals surface area contributed by atoms with Crippen LogP contribution in [0.3, 0.4) is 0 Å². The van der Waals surface area contributed by atoms with Crippen LogP contribution in [0.15, 0.2) is 0 Å².